The van der Waals surface area contributed by atoms with Crippen molar-refractivity contribution in [3.05, 3.63) is 42.4 Å². The number of aliphatic hydroxyl groups excluding tert-OH is 1. The Hall–Kier alpha value is -2.14. The number of oxazole rings is 1. The second-order valence-corrected chi connectivity index (χ2v) is 5.92. The lowest BCUT2D eigenvalue weighted by atomic mass is 10.1. The van der Waals surface area contributed by atoms with Crippen molar-refractivity contribution in [1.29, 1.82) is 0 Å². The fourth-order valence-electron chi connectivity index (χ4n) is 2.32. The molecule has 1 aliphatic rings. The highest BCUT2D eigenvalue weighted by molar-refractivity contribution is 5.76. The molecule has 0 radical (unpaired) electrons. The molecule has 3 rings (SSSR count). The summed E-state index contributed by atoms with van der Waals surface area (Å²) in [6.07, 6.45) is 4.49. The van der Waals surface area contributed by atoms with Gasteiger partial charge in [0.1, 0.15) is 0 Å². The molecule has 0 unspecified atom stereocenters. The molecule has 0 saturated heterocycles. The maximum Gasteiger partial charge on any atom is 0.220 e. The van der Waals surface area contributed by atoms with Gasteiger partial charge in [0, 0.05) is 30.4 Å². The van der Waals surface area contributed by atoms with E-state index in [9.17, 15) is 9.90 Å². The van der Waals surface area contributed by atoms with Gasteiger partial charge in [-0.25, -0.2) is 4.98 Å². The standard InChI is InChI=1S/C17H20N2O3/c20-12-17(8-9-17)11-19-15(21)6-7-16-18-10-14(22-16)13-4-2-1-3-5-13/h1-5,10,20H,6-9,11-12H2,(H,19,21). The number of nitrogens with one attached hydrogen (secondary N) is 1. The van der Waals surface area contributed by atoms with Crippen molar-refractivity contribution in [3.63, 3.8) is 0 Å². The van der Waals surface area contributed by atoms with E-state index in [0.29, 0.717) is 31.0 Å². The molecular weight excluding hydrogens is 280 g/mol. The smallest absolute Gasteiger partial charge is 0.220 e. The van der Waals surface area contributed by atoms with Crippen LogP contribution in [0.4, 0.5) is 0 Å². The predicted molar refractivity (Wildman–Crippen MR) is 82.0 cm³/mol. The van der Waals surface area contributed by atoms with E-state index in [0.717, 1.165) is 18.4 Å². The summed E-state index contributed by atoms with van der Waals surface area (Å²) in [6, 6.07) is 9.76. The van der Waals surface area contributed by atoms with Gasteiger partial charge in [-0.3, -0.25) is 4.79 Å². The van der Waals surface area contributed by atoms with Crippen LogP contribution < -0.4 is 5.32 Å². The Balaban J connectivity index is 1.48. The maximum atomic E-state index is 11.8. The number of hydrogen-bond donors (Lipinski definition) is 2. The molecule has 1 saturated carbocycles. The van der Waals surface area contributed by atoms with E-state index in [1.54, 1.807) is 6.20 Å². The summed E-state index contributed by atoms with van der Waals surface area (Å²) in [6.45, 7) is 0.705. The Bertz CT molecular complexity index is 632. The highest BCUT2D eigenvalue weighted by atomic mass is 16.4. The Morgan fingerprint density at radius 1 is 1.32 bits per heavy atom. The zero-order valence-electron chi connectivity index (χ0n) is 12.4. The minimum atomic E-state index is -0.0565. The van der Waals surface area contributed by atoms with Gasteiger partial charge < -0.3 is 14.8 Å². The topological polar surface area (TPSA) is 75.4 Å². The van der Waals surface area contributed by atoms with Crippen molar-refractivity contribution in [3.8, 4) is 11.3 Å². The molecule has 0 bridgehead atoms. The number of amides is 1. The summed E-state index contributed by atoms with van der Waals surface area (Å²) in [5.74, 6) is 1.25. The fourth-order valence-corrected chi connectivity index (χ4v) is 2.32. The van der Waals surface area contributed by atoms with Crippen LogP contribution in [0.25, 0.3) is 11.3 Å². The molecule has 1 aliphatic carbocycles. The monoisotopic (exact) mass is 300 g/mol. The lowest BCUT2D eigenvalue weighted by molar-refractivity contribution is -0.121. The average molecular weight is 300 g/mol. The molecule has 5 nitrogen and oxygen atoms in total. The minimum Gasteiger partial charge on any atom is -0.441 e. The normalized spacial score (nSPS) is 15.5. The number of carbonyl (C=O) groups is 1. The number of aryl methyl sites for hydroxylation is 1. The highest BCUT2D eigenvalue weighted by Gasteiger charge is 2.41. The number of nitrogens with zero attached hydrogens (tertiary/aromatic N) is 1. The van der Waals surface area contributed by atoms with Gasteiger partial charge in [0.05, 0.1) is 12.8 Å². The maximum absolute atomic E-state index is 11.8. The Morgan fingerprint density at radius 3 is 2.77 bits per heavy atom. The molecule has 0 atom stereocenters. The third-order valence-electron chi connectivity index (χ3n) is 4.13. The molecule has 1 aromatic heterocycles. The number of aromatic nitrogens is 1. The van der Waals surface area contributed by atoms with Gasteiger partial charge >= 0.3 is 0 Å². The molecule has 5 heteroatoms. The van der Waals surface area contributed by atoms with Crippen molar-refractivity contribution in [2.75, 3.05) is 13.2 Å². The summed E-state index contributed by atoms with van der Waals surface area (Å²) < 4.78 is 5.67. The predicted octanol–water partition coefficient (Wildman–Crippen LogP) is 2.16. The number of aliphatic hydroxyl groups is 1. The van der Waals surface area contributed by atoms with Crippen molar-refractivity contribution in [1.82, 2.24) is 10.3 Å². The van der Waals surface area contributed by atoms with Crippen LogP contribution in [0.5, 0.6) is 0 Å². The van der Waals surface area contributed by atoms with E-state index in [2.05, 4.69) is 10.3 Å². The van der Waals surface area contributed by atoms with Gasteiger partial charge in [-0.15, -0.1) is 0 Å². The van der Waals surface area contributed by atoms with Crippen LogP contribution in [0.1, 0.15) is 25.2 Å². The first kappa shape index (κ1) is 14.8. The SMILES string of the molecule is O=C(CCc1ncc(-c2ccccc2)o1)NCC1(CO)CC1. The average Bonchev–Trinajstić information content (AvgIpc) is 3.20. The van der Waals surface area contributed by atoms with Gasteiger partial charge in [0.2, 0.25) is 5.91 Å². The van der Waals surface area contributed by atoms with Gasteiger partial charge in [-0.2, -0.15) is 0 Å². The molecule has 0 aliphatic heterocycles. The van der Waals surface area contributed by atoms with Crippen LogP contribution in [-0.2, 0) is 11.2 Å². The zero-order valence-corrected chi connectivity index (χ0v) is 12.4. The van der Waals surface area contributed by atoms with Crippen LogP contribution in [0.3, 0.4) is 0 Å². The Labute approximate surface area is 129 Å². The molecule has 1 fully saturated rings. The van der Waals surface area contributed by atoms with Crippen LogP contribution in [0.2, 0.25) is 0 Å². The third kappa shape index (κ3) is 3.54. The molecular formula is C17H20N2O3. The number of benzene rings is 1. The molecule has 0 spiro atoms. The summed E-state index contributed by atoms with van der Waals surface area (Å²) in [4.78, 5) is 16.0. The van der Waals surface area contributed by atoms with E-state index in [1.165, 1.54) is 0 Å². The minimum absolute atomic E-state index is 0.0285. The van der Waals surface area contributed by atoms with E-state index in [4.69, 9.17) is 4.42 Å². The Morgan fingerprint density at radius 2 is 2.09 bits per heavy atom. The van der Waals surface area contributed by atoms with Gasteiger partial charge in [0.25, 0.3) is 0 Å². The molecule has 22 heavy (non-hydrogen) atoms. The van der Waals surface area contributed by atoms with E-state index >= 15 is 0 Å². The van der Waals surface area contributed by atoms with E-state index in [-0.39, 0.29) is 17.9 Å². The molecule has 1 aromatic carbocycles. The number of rotatable bonds is 7. The second-order valence-electron chi connectivity index (χ2n) is 5.92. The van der Waals surface area contributed by atoms with Crippen molar-refractivity contribution >= 4 is 5.91 Å². The lowest BCUT2D eigenvalue weighted by Gasteiger charge is -2.12. The summed E-state index contributed by atoms with van der Waals surface area (Å²) >= 11 is 0. The van der Waals surface area contributed by atoms with Crippen molar-refractivity contribution < 1.29 is 14.3 Å². The molecule has 1 heterocycles. The summed E-state index contributed by atoms with van der Waals surface area (Å²) in [5, 5.41) is 12.1. The number of hydrogen-bond acceptors (Lipinski definition) is 4. The first-order valence-electron chi connectivity index (χ1n) is 7.58. The first-order valence-corrected chi connectivity index (χ1v) is 7.58. The molecule has 2 N–H and O–H groups in total. The lowest BCUT2D eigenvalue weighted by Crippen LogP contribution is -2.31. The van der Waals surface area contributed by atoms with Crippen LogP contribution in [0, 0.1) is 5.41 Å². The fraction of sp³-hybridized carbons (Fsp3) is 0.412. The number of carbonyl (C=O) groups excluding carboxylic acids is 1. The third-order valence-corrected chi connectivity index (χ3v) is 4.13. The largest absolute Gasteiger partial charge is 0.441 e. The zero-order chi connectivity index (χ0) is 15.4. The Kier molecular flexibility index (Phi) is 4.24. The van der Waals surface area contributed by atoms with Gasteiger partial charge in [-0.05, 0) is 12.8 Å². The van der Waals surface area contributed by atoms with E-state index in [1.807, 2.05) is 30.3 Å². The van der Waals surface area contributed by atoms with Gasteiger partial charge in [-0.1, -0.05) is 30.3 Å². The van der Waals surface area contributed by atoms with Crippen molar-refractivity contribution in [2.45, 2.75) is 25.7 Å². The molecule has 1 amide bonds. The first-order chi connectivity index (χ1) is 10.7. The highest BCUT2D eigenvalue weighted by Crippen LogP contribution is 2.44. The van der Waals surface area contributed by atoms with Crippen LogP contribution in [0.15, 0.2) is 40.9 Å². The van der Waals surface area contributed by atoms with Gasteiger partial charge in [0.15, 0.2) is 11.7 Å². The second kappa shape index (κ2) is 6.32. The van der Waals surface area contributed by atoms with Crippen LogP contribution in [-0.4, -0.2) is 29.1 Å². The summed E-state index contributed by atoms with van der Waals surface area (Å²) in [7, 11) is 0. The molecule has 2 aromatic rings. The van der Waals surface area contributed by atoms with Crippen molar-refractivity contribution in [2.24, 2.45) is 5.41 Å². The summed E-state index contributed by atoms with van der Waals surface area (Å²) in [5.41, 5.74) is 0.920. The van der Waals surface area contributed by atoms with Crippen LogP contribution >= 0.6 is 0 Å². The quantitative estimate of drug-likeness (QED) is 0.821. The molecule has 116 valence electrons. The van der Waals surface area contributed by atoms with E-state index < -0.39 is 0 Å².